The summed E-state index contributed by atoms with van der Waals surface area (Å²) in [5.74, 6) is -0.973. The smallest absolute Gasteiger partial charge is 0.335 e. The Labute approximate surface area is 106 Å². The lowest BCUT2D eigenvalue weighted by atomic mass is 10.1. The lowest BCUT2D eigenvalue weighted by Crippen LogP contribution is -2.32. The highest BCUT2D eigenvalue weighted by molar-refractivity contribution is 5.92. The zero-order valence-electron chi connectivity index (χ0n) is 10.9. The maximum Gasteiger partial charge on any atom is 0.335 e. The number of urea groups is 1. The van der Waals surface area contributed by atoms with Crippen LogP contribution in [0.2, 0.25) is 0 Å². The number of carbonyl (C=O) groups excluding carboxylic acids is 1. The molecule has 98 valence electrons. The number of nitrogens with zero attached hydrogens (tertiary/aromatic N) is 1. The predicted octanol–water partition coefficient (Wildman–Crippen LogP) is 2.57. The number of carboxylic acids is 1. The number of rotatable bonds is 4. The molecule has 18 heavy (non-hydrogen) atoms. The number of carboxylic acid groups (broad SMARTS) is 1. The summed E-state index contributed by atoms with van der Waals surface area (Å²) in [7, 11) is 1.72. The van der Waals surface area contributed by atoms with E-state index in [1.807, 2.05) is 6.92 Å². The molecular weight excluding hydrogens is 232 g/mol. The minimum atomic E-state index is -0.973. The summed E-state index contributed by atoms with van der Waals surface area (Å²) >= 11 is 0. The summed E-state index contributed by atoms with van der Waals surface area (Å²) in [6.07, 6.45) is 0.890. The first-order valence-electron chi connectivity index (χ1n) is 5.81. The lowest BCUT2D eigenvalue weighted by molar-refractivity contribution is 0.0697. The van der Waals surface area contributed by atoms with Crippen molar-refractivity contribution < 1.29 is 14.7 Å². The normalized spacial score (nSPS) is 9.94. The molecule has 0 radical (unpaired) electrons. The van der Waals surface area contributed by atoms with Gasteiger partial charge in [-0.15, -0.1) is 0 Å². The van der Waals surface area contributed by atoms with E-state index in [0.717, 1.165) is 12.0 Å². The predicted molar refractivity (Wildman–Crippen MR) is 70.1 cm³/mol. The van der Waals surface area contributed by atoms with Crippen LogP contribution in [0.1, 0.15) is 29.3 Å². The van der Waals surface area contributed by atoms with Gasteiger partial charge in [-0.2, -0.15) is 0 Å². The second-order valence-electron chi connectivity index (χ2n) is 4.19. The third-order valence-electron chi connectivity index (χ3n) is 2.62. The van der Waals surface area contributed by atoms with Crippen molar-refractivity contribution in [1.82, 2.24) is 4.90 Å². The van der Waals surface area contributed by atoms with Gasteiger partial charge < -0.3 is 15.3 Å². The molecule has 1 aromatic carbocycles. The third kappa shape index (κ3) is 3.48. The Balaban J connectivity index is 2.79. The van der Waals surface area contributed by atoms with Crippen LogP contribution < -0.4 is 5.32 Å². The van der Waals surface area contributed by atoms with Crippen LogP contribution in [0.15, 0.2) is 18.2 Å². The van der Waals surface area contributed by atoms with Crippen LogP contribution in [-0.2, 0) is 0 Å². The quantitative estimate of drug-likeness (QED) is 0.862. The largest absolute Gasteiger partial charge is 0.478 e. The van der Waals surface area contributed by atoms with Gasteiger partial charge >= 0.3 is 12.0 Å². The van der Waals surface area contributed by atoms with Gasteiger partial charge in [0, 0.05) is 19.3 Å². The van der Waals surface area contributed by atoms with Gasteiger partial charge in [-0.1, -0.05) is 6.92 Å². The van der Waals surface area contributed by atoms with Crippen LogP contribution in [0, 0.1) is 6.92 Å². The van der Waals surface area contributed by atoms with Crippen LogP contribution in [0.5, 0.6) is 0 Å². The number of aromatic carboxylic acids is 1. The summed E-state index contributed by atoms with van der Waals surface area (Å²) in [6, 6.07) is 4.43. The van der Waals surface area contributed by atoms with Crippen molar-refractivity contribution in [3.63, 3.8) is 0 Å². The molecule has 0 heterocycles. The number of hydrogen-bond donors (Lipinski definition) is 2. The number of carbonyl (C=O) groups is 2. The van der Waals surface area contributed by atoms with Crippen LogP contribution in [0.3, 0.4) is 0 Å². The standard InChI is InChI=1S/C13H18N2O3/c1-4-7-15(3)13(18)14-11-6-5-10(12(16)17)8-9(11)2/h5-6,8H,4,7H2,1-3H3,(H,14,18)(H,16,17). The first-order valence-corrected chi connectivity index (χ1v) is 5.81. The summed E-state index contributed by atoms with van der Waals surface area (Å²) in [4.78, 5) is 24.1. The van der Waals surface area contributed by atoms with Gasteiger partial charge in [-0.05, 0) is 37.1 Å². The minimum Gasteiger partial charge on any atom is -0.478 e. The number of nitrogens with one attached hydrogen (secondary N) is 1. The molecule has 0 spiro atoms. The summed E-state index contributed by atoms with van der Waals surface area (Å²) < 4.78 is 0. The molecule has 5 heteroatoms. The number of anilines is 1. The highest BCUT2D eigenvalue weighted by Crippen LogP contribution is 2.17. The lowest BCUT2D eigenvalue weighted by Gasteiger charge is -2.18. The zero-order valence-corrected chi connectivity index (χ0v) is 10.9. The Morgan fingerprint density at radius 1 is 1.39 bits per heavy atom. The van der Waals surface area contributed by atoms with Crippen molar-refractivity contribution in [2.45, 2.75) is 20.3 Å². The zero-order chi connectivity index (χ0) is 13.7. The van der Waals surface area contributed by atoms with Crippen LogP contribution in [0.4, 0.5) is 10.5 Å². The topological polar surface area (TPSA) is 69.6 Å². The van der Waals surface area contributed by atoms with Gasteiger partial charge in [-0.25, -0.2) is 9.59 Å². The SMILES string of the molecule is CCCN(C)C(=O)Nc1ccc(C(=O)O)cc1C. The monoisotopic (exact) mass is 250 g/mol. The van der Waals surface area contributed by atoms with E-state index in [-0.39, 0.29) is 11.6 Å². The molecule has 1 aromatic rings. The average molecular weight is 250 g/mol. The molecule has 0 saturated carbocycles. The fourth-order valence-electron chi connectivity index (χ4n) is 1.58. The van der Waals surface area contributed by atoms with Gasteiger partial charge in [0.25, 0.3) is 0 Å². The third-order valence-corrected chi connectivity index (χ3v) is 2.62. The number of benzene rings is 1. The summed E-state index contributed by atoms with van der Waals surface area (Å²) in [5, 5.41) is 11.6. The maximum atomic E-state index is 11.8. The molecule has 0 bridgehead atoms. The molecular formula is C13H18N2O3. The molecule has 0 atom stereocenters. The first kappa shape index (κ1) is 14.0. The van der Waals surface area contributed by atoms with Gasteiger partial charge in [0.1, 0.15) is 0 Å². The Morgan fingerprint density at radius 3 is 2.56 bits per heavy atom. The Morgan fingerprint density at radius 2 is 2.06 bits per heavy atom. The van der Waals surface area contributed by atoms with Crippen LogP contribution in [0.25, 0.3) is 0 Å². The van der Waals surface area contributed by atoms with E-state index in [1.54, 1.807) is 24.9 Å². The molecule has 5 nitrogen and oxygen atoms in total. The highest BCUT2D eigenvalue weighted by atomic mass is 16.4. The van der Waals surface area contributed by atoms with E-state index in [9.17, 15) is 9.59 Å². The molecule has 0 aliphatic carbocycles. The van der Waals surface area contributed by atoms with Gasteiger partial charge in [0.2, 0.25) is 0 Å². The van der Waals surface area contributed by atoms with Crippen LogP contribution >= 0.6 is 0 Å². The molecule has 0 fully saturated rings. The summed E-state index contributed by atoms with van der Waals surface area (Å²) in [6.45, 7) is 4.44. The molecule has 0 saturated heterocycles. The number of amides is 2. The van der Waals surface area contributed by atoms with E-state index in [0.29, 0.717) is 12.2 Å². The Bertz CT molecular complexity index is 458. The van der Waals surface area contributed by atoms with E-state index < -0.39 is 5.97 Å². The maximum absolute atomic E-state index is 11.8. The first-order chi connectivity index (χ1) is 8.45. The second-order valence-corrected chi connectivity index (χ2v) is 4.19. The van der Waals surface area contributed by atoms with E-state index in [1.165, 1.54) is 12.1 Å². The molecule has 0 aliphatic rings. The van der Waals surface area contributed by atoms with Crippen LogP contribution in [-0.4, -0.2) is 35.6 Å². The fourth-order valence-corrected chi connectivity index (χ4v) is 1.58. The van der Waals surface area contributed by atoms with Crippen molar-refractivity contribution in [3.8, 4) is 0 Å². The van der Waals surface area contributed by atoms with E-state index in [4.69, 9.17) is 5.11 Å². The number of hydrogen-bond acceptors (Lipinski definition) is 2. The highest BCUT2D eigenvalue weighted by Gasteiger charge is 2.10. The molecule has 0 unspecified atom stereocenters. The van der Waals surface area contributed by atoms with Crippen molar-refractivity contribution in [2.24, 2.45) is 0 Å². The average Bonchev–Trinajstić information content (AvgIpc) is 2.31. The van der Waals surface area contributed by atoms with Crippen molar-refractivity contribution in [3.05, 3.63) is 29.3 Å². The Kier molecular flexibility index (Phi) is 4.71. The van der Waals surface area contributed by atoms with Crippen molar-refractivity contribution in [2.75, 3.05) is 18.9 Å². The molecule has 1 rings (SSSR count). The van der Waals surface area contributed by atoms with Gasteiger partial charge in [0.05, 0.1) is 5.56 Å². The fraction of sp³-hybridized carbons (Fsp3) is 0.385. The second kappa shape index (κ2) is 6.05. The molecule has 0 aromatic heterocycles. The molecule has 2 amide bonds. The summed E-state index contributed by atoms with van der Waals surface area (Å²) in [5.41, 5.74) is 1.58. The van der Waals surface area contributed by atoms with Crippen molar-refractivity contribution in [1.29, 1.82) is 0 Å². The van der Waals surface area contributed by atoms with Crippen molar-refractivity contribution >= 4 is 17.7 Å². The molecule has 2 N–H and O–H groups in total. The molecule has 0 aliphatic heterocycles. The van der Waals surface area contributed by atoms with E-state index >= 15 is 0 Å². The van der Waals surface area contributed by atoms with Gasteiger partial charge in [-0.3, -0.25) is 0 Å². The minimum absolute atomic E-state index is 0.192. The number of aryl methyl sites for hydroxylation is 1. The van der Waals surface area contributed by atoms with E-state index in [2.05, 4.69) is 5.32 Å². The van der Waals surface area contributed by atoms with Gasteiger partial charge in [0.15, 0.2) is 0 Å². The Hall–Kier alpha value is -2.04.